The zero-order valence-corrected chi connectivity index (χ0v) is 27.0. The average molecular weight is 654 g/mol. The first-order chi connectivity index (χ1) is 22.1. The Morgan fingerprint density at radius 3 is 2.46 bits per heavy atom. The lowest BCUT2D eigenvalue weighted by atomic mass is 9.79. The van der Waals surface area contributed by atoms with E-state index in [4.69, 9.17) is 23.7 Å². The molecule has 13 nitrogen and oxygen atoms in total. The van der Waals surface area contributed by atoms with Crippen LogP contribution in [-0.4, -0.2) is 115 Å². The monoisotopic (exact) mass is 653 g/mol. The fourth-order valence-electron chi connectivity index (χ4n) is 7.03. The van der Waals surface area contributed by atoms with Gasteiger partial charge in [0.1, 0.15) is 31.0 Å². The lowest BCUT2D eigenvalue weighted by Crippen LogP contribution is -3.15. The van der Waals surface area contributed by atoms with E-state index in [-0.39, 0.29) is 24.2 Å². The van der Waals surface area contributed by atoms with Crippen LogP contribution in [0.3, 0.4) is 0 Å². The van der Waals surface area contributed by atoms with Crippen LogP contribution in [0.15, 0.2) is 35.6 Å². The second-order valence-electron chi connectivity index (χ2n) is 13.1. The summed E-state index contributed by atoms with van der Waals surface area (Å²) >= 11 is 0. The number of piperidine rings is 1. The Labute approximate surface area is 270 Å². The van der Waals surface area contributed by atoms with Crippen LogP contribution in [0, 0.1) is 23.7 Å². The Hall–Kier alpha value is -2.36. The van der Waals surface area contributed by atoms with Crippen LogP contribution in [0.5, 0.6) is 0 Å². The highest BCUT2D eigenvalue weighted by molar-refractivity contribution is 5.89. The van der Waals surface area contributed by atoms with Crippen molar-refractivity contribution in [3.05, 3.63) is 35.6 Å². The summed E-state index contributed by atoms with van der Waals surface area (Å²) in [4.78, 5) is 25.8. The van der Waals surface area contributed by atoms with Gasteiger partial charge in [-0.05, 0) is 46.0 Å². The standard InChI is InChI=1S/C33H51NO12/c1-19(2)44-29-28(38)27(37)26(17-36)45-33(29)46-32-24(14-20-7-5-4-6-8-20)23(25(18-43-32)31(41)42-3)10-9-21-13-22(30(39)40)16-34(15-21)11-12-35/h9-10,14,18-19,21-24,26-29,32-33,35-38H,4-8,11-13,15-17H2,1-3H3,(H,39,40)/t21?,22?,23-,24+,26+,27+,28-,29-,32+,33-/m0/s1. The van der Waals surface area contributed by atoms with Crippen LogP contribution in [0.1, 0.15) is 52.4 Å². The quantitative estimate of drug-likeness (QED) is 0.123. The molecular formula is C33H51NO12. The number of aliphatic carboxylic acids is 1. The first-order valence-corrected chi connectivity index (χ1v) is 16.5. The third-order valence-electron chi connectivity index (χ3n) is 9.35. The van der Waals surface area contributed by atoms with Crippen molar-refractivity contribution in [2.24, 2.45) is 23.7 Å². The molecule has 1 aliphatic carbocycles. The smallest absolute Gasteiger partial charge is 0.337 e. The topological polar surface area (TPSA) is 189 Å². The molecule has 13 heteroatoms. The molecule has 3 heterocycles. The molecule has 3 fully saturated rings. The van der Waals surface area contributed by atoms with Gasteiger partial charge in [0.25, 0.3) is 0 Å². The minimum atomic E-state index is -1.42. The number of carbonyl (C=O) groups is 2. The molecule has 0 aromatic rings. The van der Waals surface area contributed by atoms with Crippen LogP contribution in [0.4, 0.5) is 0 Å². The molecule has 0 bridgehead atoms. The van der Waals surface area contributed by atoms with Crippen LogP contribution < -0.4 is 10.0 Å². The predicted octanol–water partition coefficient (Wildman–Crippen LogP) is -1.41. The zero-order chi connectivity index (χ0) is 33.4. The molecule has 5 N–H and O–H groups in total. The van der Waals surface area contributed by atoms with Gasteiger partial charge >= 0.3 is 5.97 Å². The Morgan fingerprint density at radius 2 is 1.83 bits per heavy atom. The van der Waals surface area contributed by atoms with Crippen molar-refractivity contribution in [2.75, 3.05) is 40.0 Å². The average Bonchev–Trinajstić information content (AvgIpc) is 3.04. The van der Waals surface area contributed by atoms with E-state index in [1.165, 1.54) is 18.9 Å². The second kappa shape index (κ2) is 17.2. The van der Waals surface area contributed by atoms with Crippen LogP contribution >= 0.6 is 0 Å². The van der Waals surface area contributed by atoms with Gasteiger partial charge in [-0.25, -0.2) is 4.79 Å². The molecule has 3 aliphatic heterocycles. The van der Waals surface area contributed by atoms with Crippen molar-refractivity contribution >= 4 is 11.9 Å². The summed E-state index contributed by atoms with van der Waals surface area (Å²) in [5, 5.41) is 52.6. The van der Waals surface area contributed by atoms with Gasteiger partial charge in [0.05, 0.1) is 63.2 Å². The van der Waals surface area contributed by atoms with E-state index in [0.717, 1.165) is 37.0 Å². The van der Waals surface area contributed by atoms with Crippen molar-refractivity contribution in [3.63, 3.8) is 0 Å². The van der Waals surface area contributed by atoms with E-state index in [2.05, 4.69) is 6.08 Å². The maximum absolute atomic E-state index is 13.1. The number of methoxy groups -OCH3 is 1. The SMILES string of the molecule is COC(=O)C1=CO[C@H](O[C@@H]2O[C@H](CO)[C@@H](O)[C@H](O)[C@@H]2OC(C)C)[C@H](C=C2CCCCC2)[C@@H]1C=CC1CC(C(=O)[O-])C[NH+](CCO)C1. The molecule has 0 aromatic carbocycles. The minimum absolute atomic E-state index is 0.0665. The van der Waals surface area contributed by atoms with Crippen molar-refractivity contribution in [1.82, 2.24) is 0 Å². The number of rotatable bonds is 12. The first kappa shape index (κ1) is 36.5. The molecule has 4 rings (SSSR count). The highest BCUT2D eigenvalue weighted by Crippen LogP contribution is 2.39. The maximum Gasteiger partial charge on any atom is 0.337 e. The predicted molar refractivity (Wildman–Crippen MR) is 160 cm³/mol. The molecule has 46 heavy (non-hydrogen) atoms. The molecule has 3 unspecified atom stereocenters. The summed E-state index contributed by atoms with van der Waals surface area (Å²) in [6, 6.07) is 0. The second-order valence-corrected chi connectivity index (χ2v) is 13.1. The maximum atomic E-state index is 13.1. The number of hydrogen-bond acceptors (Lipinski definition) is 12. The van der Waals surface area contributed by atoms with Gasteiger partial charge in [-0.1, -0.05) is 30.2 Å². The number of aliphatic hydroxyl groups is 4. The fourth-order valence-corrected chi connectivity index (χ4v) is 7.03. The van der Waals surface area contributed by atoms with E-state index in [0.29, 0.717) is 26.1 Å². The molecule has 0 amide bonds. The van der Waals surface area contributed by atoms with Crippen LogP contribution in [0.2, 0.25) is 0 Å². The third kappa shape index (κ3) is 9.16. The molecule has 0 aromatic heterocycles. The van der Waals surface area contributed by atoms with Crippen LogP contribution in [-0.2, 0) is 33.3 Å². The van der Waals surface area contributed by atoms with E-state index < -0.39 is 73.3 Å². The lowest BCUT2D eigenvalue weighted by molar-refractivity contribution is -0.911. The molecule has 260 valence electrons. The number of nitrogens with one attached hydrogen (secondary N) is 1. The van der Waals surface area contributed by atoms with Gasteiger partial charge in [-0.3, -0.25) is 0 Å². The normalized spacial score (nSPS) is 37.1. The van der Waals surface area contributed by atoms with E-state index in [1.807, 2.05) is 12.2 Å². The van der Waals surface area contributed by atoms with Gasteiger partial charge < -0.3 is 58.9 Å². The highest BCUT2D eigenvalue weighted by atomic mass is 16.8. The van der Waals surface area contributed by atoms with Gasteiger partial charge in [0.2, 0.25) is 6.29 Å². The number of carbonyl (C=O) groups excluding carboxylic acids is 2. The number of carboxylic acids is 1. The number of esters is 1. The van der Waals surface area contributed by atoms with E-state index in [1.54, 1.807) is 13.8 Å². The Bertz CT molecular complexity index is 1100. The Balaban J connectivity index is 1.70. The molecule has 11 atom stereocenters. The fraction of sp³-hybridized carbons (Fsp3) is 0.758. The van der Waals surface area contributed by atoms with Crippen molar-refractivity contribution in [1.29, 1.82) is 0 Å². The van der Waals surface area contributed by atoms with Gasteiger partial charge in [0, 0.05) is 17.8 Å². The van der Waals surface area contributed by atoms with Crippen molar-refractivity contribution in [2.45, 2.75) is 95.5 Å². The summed E-state index contributed by atoms with van der Waals surface area (Å²) in [5.41, 5.74) is 1.45. The summed E-state index contributed by atoms with van der Waals surface area (Å²) in [5.74, 6) is -3.70. The lowest BCUT2D eigenvalue weighted by Gasteiger charge is -2.45. The number of ether oxygens (including phenoxy) is 5. The summed E-state index contributed by atoms with van der Waals surface area (Å²) in [6.45, 7) is 4.31. The Kier molecular flexibility index (Phi) is 13.6. The molecule has 1 saturated carbocycles. The zero-order valence-electron chi connectivity index (χ0n) is 27.0. The van der Waals surface area contributed by atoms with Gasteiger partial charge in [-0.15, -0.1) is 0 Å². The molecule has 2 saturated heterocycles. The van der Waals surface area contributed by atoms with Gasteiger partial charge in [0.15, 0.2) is 6.29 Å². The number of allylic oxidation sites excluding steroid dienone is 2. The summed E-state index contributed by atoms with van der Waals surface area (Å²) < 4.78 is 29.4. The van der Waals surface area contributed by atoms with Crippen LogP contribution in [0.25, 0.3) is 0 Å². The number of quaternary nitrogens is 1. The largest absolute Gasteiger partial charge is 0.550 e. The third-order valence-corrected chi connectivity index (χ3v) is 9.35. The van der Waals surface area contributed by atoms with E-state index in [9.17, 15) is 35.1 Å². The summed E-state index contributed by atoms with van der Waals surface area (Å²) in [6.07, 6.45) is 4.80. The number of aliphatic hydroxyl groups excluding tert-OH is 4. The van der Waals surface area contributed by atoms with Crippen molar-refractivity contribution < 1.29 is 63.7 Å². The molecule has 0 radical (unpaired) electrons. The highest BCUT2D eigenvalue weighted by Gasteiger charge is 2.49. The molecule has 4 aliphatic rings. The molecule has 0 spiro atoms. The minimum Gasteiger partial charge on any atom is -0.550 e. The van der Waals surface area contributed by atoms with Gasteiger partial charge in [-0.2, -0.15) is 0 Å². The number of likely N-dealkylation sites (tertiary alicyclic amines) is 1. The van der Waals surface area contributed by atoms with E-state index >= 15 is 0 Å². The number of hydrogen-bond donors (Lipinski definition) is 5. The number of carboxylic acid groups (broad SMARTS) is 1. The van der Waals surface area contributed by atoms with Crippen molar-refractivity contribution in [3.8, 4) is 0 Å². The molecular weight excluding hydrogens is 602 g/mol. The first-order valence-electron chi connectivity index (χ1n) is 16.5. The Morgan fingerprint density at radius 1 is 1.09 bits per heavy atom. The summed E-state index contributed by atoms with van der Waals surface area (Å²) in [7, 11) is 1.29.